The van der Waals surface area contributed by atoms with Gasteiger partial charge < -0.3 is 19.5 Å². The Morgan fingerprint density at radius 3 is 2.40 bits per heavy atom. The van der Waals surface area contributed by atoms with Crippen molar-refractivity contribution < 1.29 is 38.6 Å². The summed E-state index contributed by atoms with van der Waals surface area (Å²) in [5.41, 5.74) is 0.183. The van der Waals surface area contributed by atoms with Crippen molar-refractivity contribution >= 4 is 40.3 Å². The molecule has 1 aromatic rings. The maximum Gasteiger partial charge on any atom is 0.363 e. The Morgan fingerprint density at radius 2 is 1.74 bits per heavy atom. The van der Waals surface area contributed by atoms with Gasteiger partial charge in [-0.3, -0.25) is 14.4 Å². The van der Waals surface area contributed by atoms with E-state index in [1.807, 2.05) is 0 Å². The SMILES string of the molecule is C=CC(=CC(=CC(=O)O)c1c2ccc(=O)cc-2oc2cc(O)ccc12)C(=O)ON1C(=O)CCC1=O. The molecule has 0 bridgehead atoms. The van der Waals surface area contributed by atoms with Gasteiger partial charge in [0.25, 0.3) is 11.8 Å². The summed E-state index contributed by atoms with van der Waals surface area (Å²) < 4.78 is 5.75. The highest BCUT2D eigenvalue weighted by Gasteiger charge is 2.33. The van der Waals surface area contributed by atoms with Crippen molar-refractivity contribution in [1.29, 1.82) is 0 Å². The molecule has 2 N–H and O–H groups in total. The van der Waals surface area contributed by atoms with E-state index in [9.17, 15) is 34.2 Å². The molecule has 0 unspecified atom stereocenters. The molecule has 0 radical (unpaired) electrons. The summed E-state index contributed by atoms with van der Waals surface area (Å²) in [4.78, 5) is 64.9. The number of hydrogen-bond donors (Lipinski definition) is 2. The maximum absolute atomic E-state index is 12.7. The Kier molecular flexibility index (Phi) is 6.03. The molecule has 0 atom stereocenters. The monoisotopic (exact) mass is 475 g/mol. The lowest BCUT2D eigenvalue weighted by molar-refractivity contribution is -0.194. The van der Waals surface area contributed by atoms with Crippen LogP contribution in [0.5, 0.6) is 5.75 Å². The van der Waals surface area contributed by atoms with E-state index in [0.29, 0.717) is 16.0 Å². The Hall–Kier alpha value is -4.99. The number of imide groups is 1. The molecule has 10 nitrogen and oxygen atoms in total. The average molecular weight is 475 g/mol. The highest BCUT2D eigenvalue weighted by Crippen LogP contribution is 2.39. The predicted molar refractivity (Wildman–Crippen MR) is 122 cm³/mol. The molecule has 2 heterocycles. The first-order valence-electron chi connectivity index (χ1n) is 10.2. The summed E-state index contributed by atoms with van der Waals surface area (Å²) in [7, 11) is 0. The second-order valence-electron chi connectivity index (χ2n) is 7.52. The second kappa shape index (κ2) is 9.10. The number of carboxylic acid groups (broad SMARTS) is 1. The number of phenolic OH excluding ortho intramolecular Hbond substituents is 1. The Morgan fingerprint density at radius 1 is 1.03 bits per heavy atom. The number of carbonyl (C=O) groups is 4. The molecular formula is C25H17NO9. The third-order valence-electron chi connectivity index (χ3n) is 5.19. The minimum absolute atomic E-state index is 0.00133. The summed E-state index contributed by atoms with van der Waals surface area (Å²) in [6.45, 7) is 3.54. The number of rotatable bonds is 6. The van der Waals surface area contributed by atoms with Crippen LogP contribution in [0, 0.1) is 0 Å². The lowest BCUT2D eigenvalue weighted by Gasteiger charge is -2.17. The van der Waals surface area contributed by atoms with Gasteiger partial charge in [0, 0.05) is 47.6 Å². The highest BCUT2D eigenvalue weighted by atomic mass is 16.7. The summed E-state index contributed by atoms with van der Waals surface area (Å²) in [6.07, 6.45) is 2.89. The van der Waals surface area contributed by atoms with Crippen LogP contribution in [-0.2, 0) is 24.0 Å². The molecule has 0 spiro atoms. The van der Waals surface area contributed by atoms with Crippen LogP contribution >= 0.6 is 0 Å². The van der Waals surface area contributed by atoms with Gasteiger partial charge >= 0.3 is 11.9 Å². The van der Waals surface area contributed by atoms with E-state index in [1.54, 1.807) is 0 Å². The molecule has 0 aromatic heterocycles. The van der Waals surface area contributed by atoms with Crippen molar-refractivity contribution in [2.24, 2.45) is 0 Å². The second-order valence-corrected chi connectivity index (χ2v) is 7.52. The minimum Gasteiger partial charge on any atom is -0.508 e. The van der Waals surface area contributed by atoms with Gasteiger partial charge in [-0.05, 0) is 35.9 Å². The number of allylic oxidation sites excluding steroid dienone is 2. The molecule has 2 aliphatic heterocycles. The fraction of sp³-hybridized carbons (Fsp3) is 0.0800. The van der Waals surface area contributed by atoms with E-state index in [2.05, 4.69) is 6.58 Å². The normalized spacial score (nSPS) is 14.6. The number of phenols is 1. The highest BCUT2D eigenvalue weighted by molar-refractivity contribution is 6.08. The van der Waals surface area contributed by atoms with Crippen LogP contribution < -0.4 is 5.43 Å². The maximum atomic E-state index is 12.7. The molecule has 1 fully saturated rings. The molecule has 3 aliphatic rings. The van der Waals surface area contributed by atoms with Crippen molar-refractivity contribution in [1.82, 2.24) is 5.06 Å². The number of aromatic hydroxyl groups is 1. The number of hydroxylamine groups is 2. The van der Waals surface area contributed by atoms with E-state index >= 15 is 0 Å². The molecular weight excluding hydrogens is 458 g/mol. The number of benzene rings is 2. The molecule has 4 rings (SSSR count). The van der Waals surface area contributed by atoms with Gasteiger partial charge in [0.05, 0.1) is 5.57 Å². The summed E-state index contributed by atoms with van der Waals surface area (Å²) in [5.74, 6) is -3.82. The molecule has 1 saturated heterocycles. The van der Waals surface area contributed by atoms with E-state index in [0.717, 1.165) is 12.2 Å². The summed E-state index contributed by atoms with van der Waals surface area (Å²) >= 11 is 0. The summed E-state index contributed by atoms with van der Waals surface area (Å²) in [6, 6.07) is 8.07. The fourth-order valence-corrected chi connectivity index (χ4v) is 3.65. The van der Waals surface area contributed by atoms with E-state index in [4.69, 9.17) is 9.25 Å². The lowest BCUT2D eigenvalue weighted by Crippen LogP contribution is -2.32. The number of aliphatic carboxylic acids is 1. The van der Waals surface area contributed by atoms with Gasteiger partial charge in [-0.2, -0.15) is 0 Å². The minimum atomic E-state index is -1.35. The zero-order valence-electron chi connectivity index (χ0n) is 18.0. The van der Waals surface area contributed by atoms with Crippen LogP contribution in [0.3, 0.4) is 0 Å². The van der Waals surface area contributed by atoms with Gasteiger partial charge in [-0.15, -0.1) is 5.06 Å². The molecule has 10 heteroatoms. The van der Waals surface area contributed by atoms with Crippen LogP contribution in [0.4, 0.5) is 0 Å². The number of carboxylic acids is 1. The smallest absolute Gasteiger partial charge is 0.363 e. The largest absolute Gasteiger partial charge is 0.508 e. The van der Waals surface area contributed by atoms with Gasteiger partial charge in [0.1, 0.15) is 17.1 Å². The van der Waals surface area contributed by atoms with Crippen LogP contribution in [0.15, 0.2) is 76.0 Å². The van der Waals surface area contributed by atoms with Crippen molar-refractivity contribution in [3.8, 4) is 17.1 Å². The Balaban J connectivity index is 1.91. The van der Waals surface area contributed by atoms with E-state index in [-0.39, 0.29) is 52.1 Å². The lowest BCUT2D eigenvalue weighted by atomic mass is 9.92. The van der Waals surface area contributed by atoms with Gasteiger partial charge in [-0.1, -0.05) is 12.7 Å². The predicted octanol–water partition coefficient (Wildman–Crippen LogP) is 2.79. The third kappa shape index (κ3) is 4.58. The topological polar surface area (TPSA) is 151 Å². The molecule has 1 aromatic carbocycles. The average Bonchev–Trinajstić information content (AvgIpc) is 3.11. The van der Waals surface area contributed by atoms with E-state index < -0.39 is 23.8 Å². The molecule has 2 amide bonds. The first kappa shape index (κ1) is 23.2. The summed E-state index contributed by atoms with van der Waals surface area (Å²) in [5, 5.41) is 20.2. The van der Waals surface area contributed by atoms with Crippen molar-refractivity contribution in [2.45, 2.75) is 12.8 Å². The molecule has 0 saturated carbocycles. The molecule has 176 valence electrons. The third-order valence-corrected chi connectivity index (χ3v) is 5.19. The molecule has 1 aliphatic carbocycles. The van der Waals surface area contributed by atoms with Crippen LogP contribution in [0.1, 0.15) is 18.4 Å². The van der Waals surface area contributed by atoms with Gasteiger partial charge in [-0.25, -0.2) is 9.59 Å². The van der Waals surface area contributed by atoms with E-state index in [1.165, 1.54) is 42.5 Å². The standard InChI is InChI=1S/C25H17NO9/c1-2-13(25(33)35-26-21(29)7-8-22(26)30)9-14(10-23(31)32)24-17-5-3-15(27)11-19(17)34-20-12-16(28)4-6-18(20)24/h2-6,9-12,27H,1,7-8H2,(H,31,32). The van der Waals surface area contributed by atoms with Gasteiger partial charge in [0.2, 0.25) is 0 Å². The zero-order valence-corrected chi connectivity index (χ0v) is 18.0. The van der Waals surface area contributed by atoms with Crippen molar-refractivity contribution in [3.05, 3.63) is 82.6 Å². The first-order chi connectivity index (χ1) is 16.7. The molecule has 35 heavy (non-hydrogen) atoms. The van der Waals surface area contributed by atoms with Crippen molar-refractivity contribution in [2.75, 3.05) is 0 Å². The number of nitrogens with zero attached hydrogens (tertiary/aromatic N) is 1. The number of fused-ring (bicyclic) bond motifs is 2. The zero-order chi connectivity index (χ0) is 25.3. The van der Waals surface area contributed by atoms with Crippen LogP contribution in [0.25, 0.3) is 27.9 Å². The first-order valence-corrected chi connectivity index (χ1v) is 10.2. The van der Waals surface area contributed by atoms with Crippen molar-refractivity contribution in [3.63, 3.8) is 0 Å². The number of amides is 2. The van der Waals surface area contributed by atoms with Crippen LogP contribution in [-0.4, -0.2) is 39.0 Å². The number of hydrogen-bond acceptors (Lipinski definition) is 8. The Labute approximate surface area is 196 Å². The van der Waals surface area contributed by atoms with Crippen LogP contribution in [0.2, 0.25) is 0 Å². The van der Waals surface area contributed by atoms with Gasteiger partial charge in [0.15, 0.2) is 5.43 Å². The quantitative estimate of drug-likeness (QED) is 0.237. The Bertz CT molecular complexity index is 1490. The number of carbonyl (C=O) groups excluding carboxylic acids is 3. The fourth-order valence-electron chi connectivity index (χ4n) is 3.65.